The van der Waals surface area contributed by atoms with E-state index in [1.807, 2.05) is 13.0 Å². The molecule has 1 rings (SSSR count). The van der Waals surface area contributed by atoms with Crippen molar-refractivity contribution in [2.75, 3.05) is 14.2 Å². The van der Waals surface area contributed by atoms with Crippen LogP contribution in [0.25, 0.3) is 0 Å². The molecule has 164 valence electrons. The second-order valence-corrected chi connectivity index (χ2v) is 19.8. The fraction of sp³-hybridized carbons (Fsp3) is 0.682. The van der Waals surface area contributed by atoms with Gasteiger partial charge in [0.25, 0.3) is 0 Å². The van der Waals surface area contributed by atoms with Crippen LogP contribution in [-0.4, -0.2) is 53.9 Å². The summed E-state index contributed by atoms with van der Waals surface area (Å²) in [6.07, 6.45) is 2.49. The first kappa shape index (κ1) is 25.7. The maximum absolute atomic E-state index is 12.2. The largest absolute Gasteiger partial charge is 0.498 e. The van der Waals surface area contributed by atoms with Crippen LogP contribution >= 0.6 is 0 Å². The number of carboxylic acid groups (broad SMARTS) is 1. The Balaban J connectivity index is 3.59. The number of carbonyl (C=O) groups is 1. The molecule has 0 aromatic rings. The highest BCUT2D eigenvalue weighted by Crippen LogP contribution is 2.50. The molecule has 0 saturated carbocycles. The quantitative estimate of drug-likeness (QED) is 0.475. The number of carboxylic acids is 1. The van der Waals surface area contributed by atoms with Gasteiger partial charge in [-0.15, -0.1) is 5.54 Å². The lowest BCUT2D eigenvalue weighted by atomic mass is 9.80. The lowest BCUT2D eigenvalue weighted by Gasteiger charge is -2.43. The normalized spacial score (nSPS) is 25.9. The van der Waals surface area contributed by atoms with Crippen LogP contribution in [0.2, 0.25) is 37.8 Å². The first-order valence-electron chi connectivity index (χ1n) is 9.95. The molecule has 7 heteroatoms. The van der Waals surface area contributed by atoms with E-state index in [9.17, 15) is 9.90 Å². The highest BCUT2D eigenvalue weighted by molar-refractivity contribution is 6.83. The Labute approximate surface area is 178 Å². The van der Waals surface area contributed by atoms with E-state index in [-0.39, 0.29) is 10.6 Å². The fourth-order valence-corrected chi connectivity index (χ4v) is 4.99. The van der Waals surface area contributed by atoms with E-state index < -0.39 is 40.0 Å². The van der Waals surface area contributed by atoms with E-state index in [0.717, 1.165) is 0 Å². The molecule has 5 nitrogen and oxygen atoms in total. The van der Waals surface area contributed by atoms with Crippen LogP contribution in [0.5, 0.6) is 0 Å². The van der Waals surface area contributed by atoms with Gasteiger partial charge in [-0.3, -0.25) is 0 Å². The van der Waals surface area contributed by atoms with Crippen molar-refractivity contribution in [3.8, 4) is 11.5 Å². The summed E-state index contributed by atoms with van der Waals surface area (Å²) < 4.78 is 18.0. The Kier molecular flexibility index (Phi) is 7.80. The summed E-state index contributed by atoms with van der Waals surface area (Å²) in [7, 11) is -0.710. The molecule has 0 aromatic heterocycles. The molecule has 0 amide bonds. The van der Waals surface area contributed by atoms with E-state index in [1.54, 1.807) is 13.2 Å². The van der Waals surface area contributed by atoms with E-state index in [4.69, 9.17) is 13.9 Å². The van der Waals surface area contributed by atoms with Gasteiger partial charge in [-0.05, 0) is 31.1 Å². The second kappa shape index (κ2) is 8.80. The highest BCUT2D eigenvalue weighted by Gasteiger charge is 2.57. The average Bonchev–Trinajstić information content (AvgIpc) is 2.77. The molecule has 0 radical (unpaired) electrons. The van der Waals surface area contributed by atoms with Gasteiger partial charge in [0.1, 0.15) is 19.9 Å². The summed E-state index contributed by atoms with van der Waals surface area (Å²) in [5.74, 6) is 2.39. The number of aliphatic carboxylic acids is 1. The van der Waals surface area contributed by atoms with Crippen LogP contribution in [0.15, 0.2) is 23.5 Å². The van der Waals surface area contributed by atoms with Crippen LogP contribution in [0, 0.1) is 16.9 Å². The summed E-state index contributed by atoms with van der Waals surface area (Å²) in [6.45, 7) is 19.2. The molecule has 0 unspecified atom stereocenters. The number of ether oxygens (including phenoxy) is 2. The van der Waals surface area contributed by atoms with Crippen LogP contribution in [-0.2, 0) is 18.7 Å². The monoisotopic (exact) mass is 438 g/mol. The van der Waals surface area contributed by atoms with E-state index >= 15 is 0 Å². The van der Waals surface area contributed by atoms with Gasteiger partial charge >= 0.3 is 5.97 Å². The van der Waals surface area contributed by atoms with Gasteiger partial charge in [-0.2, -0.15) is 0 Å². The van der Waals surface area contributed by atoms with Crippen LogP contribution in [0.4, 0.5) is 0 Å². The Morgan fingerprint density at radius 1 is 1.17 bits per heavy atom. The smallest absolute Gasteiger partial charge is 0.336 e. The molecule has 0 aliphatic heterocycles. The highest BCUT2D eigenvalue weighted by atomic mass is 28.4. The molecular formula is C22H38O5Si2. The van der Waals surface area contributed by atoms with Gasteiger partial charge in [0.05, 0.1) is 18.8 Å². The summed E-state index contributed by atoms with van der Waals surface area (Å²) in [6, 6.07) is 0. The van der Waals surface area contributed by atoms with Crippen molar-refractivity contribution in [2.45, 2.75) is 77.7 Å². The van der Waals surface area contributed by atoms with Crippen molar-refractivity contribution >= 4 is 22.4 Å². The number of allylic oxidation sites excluding steroid dienone is 1. The number of hydrogen-bond donors (Lipinski definition) is 1. The minimum Gasteiger partial charge on any atom is -0.498 e. The number of rotatable bonds is 6. The topological polar surface area (TPSA) is 65.0 Å². The lowest BCUT2D eigenvalue weighted by molar-refractivity contribution is -0.134. The van der Waals surface area contributed by atoms with Crippen molar-refractivity contribution in [3.05, 3.63) is 23.5 Å². The molecule has 1 aliphatic rings. The van der Waals surface area contributed by atoms with Crippen LogP contribution in [0.3, 0.4) is 0 Å². The summed E-state index contributed by atoms with van der Waals surface area (Å²) in [4.78, 5) is 12.2. The van der Waals surface area contributed by atoms with E-state index in [0.29, 0.717) is 5.76 Å². The molecule has 0 heterocycles. The first-order valence-corrected chi connectivity index (χ1v) is 16.4. The maximum Gasteiger partial charge on any atom is 0.336 e. The zero-order chi connectivity index (χ0) is 22.8. The Bertz CT molecular complexity index is 744. The van der Waals surface area contributed by atoms with Crippen molar-refractivity contribution in [1.82, 2.24) is 0 Å². The van der Waals surface area contributed by atoms with Crippen molar-refractivity contribution < 1.29 is 23.8 Å². The van der Waals surface area contributed by atoms with Crippen molar-refractivity contribution in [1.29, 1.82) is 0 Å². The minimum atomic E-state index is -2.22. The van der Waals surface area contributed by atoms with Gasteiger partial charge < -0.3 is 19.0 Å². The van der Waals surface area contributed by atoms with E-state index in [2.05, 4.69) is 65.0 Å². The Hall–Kier alpha value is -1.34. The summed E-state index contributed by atoms with van der Waals surface area (Å²) in [5, 5.41) is 9.99. The Morgan fingerprint density at radius 3 is 2.10 bits per heavy atom. The van der Waals surface area contributed by atoms with Gasteiger partial charge in [-0.1, -0.05) is 52.4 Å². The van der Waals surface area contributed by atoms with Gasteiger partial charge in [0.2, 0.25) is 0 Å². The van der Waals surface area contributed by atoms with E-state index in [1.165, 1.54) is 7.11 Å². The predicted octanol–water partition coefficient (Wildman–Crippen LogP) is 4.83. The van der Waals surface area contributed by atoms with Crippen molar-refractivity contribution in [2.24, 2.45) is 5.41 Å². The zero-order valence-corrected chi connectivity index (χ0v) is 21.9. The third-order valence-corrected chi connectivity index (χ3v) is 11.1. The molecule has 1 aliphatic carbocycles. The SMILES string of the molecule is COC1=C(C(=O)O)[C@@](C)(/C=C\C#C[Si](C)(C)C)[C@H](O[Si](C)(C)C(C)(C)C)[C@H]1OC. The lowest BCUT2D eigenvalue weighted by Crippen LogP contribution is -2.51. The second-order valence-electron chi connectivity index (χ2n) is 10.3. The maximum atomic E-state index is 12.2. The van der Waals surface area contributed by atoms with Gasteiger partial charge in [0.15, 0.2) is 8.32 Å². The molecule has 0 spiro atoms. The summed E-state index contributed by atoms with van der Waals surface area (Å²) >= 11 is 0. The first-order chi connectivity index (χ1) is 13.0. The van der Waals surface area contributed by atoms with Gasteiger partial charge in [-0.25, -0.2) is 4.79 Å². The third-order valence-electron chi connectivity index (χ3n) is 5.79. The number of methoxy groups -OCH3 is 2. The molecule has 29 heavy (non-hydrogen) atoms. The molecule has 0 bridgehead atoms. The average molecular weight is 439 g/mol. The fourth-order valence-electron chi connectivity index (χ4n) is 3.12. The molecule has 0 fully saturated rings. The molecule has 0 aromatic carbocycles. The Morgan fingerprint density at radius 2 is 1.72 bits per heavy atom. The summed E-state index contributed by atoms with van der Waals surface area (Å²) in [5.41, 5.74) is 2.53. The van der Waals surface area contributed by atoms with Gasteiger partial charge in [0, 0.05) is 12.5 Å². The third kappa shape index (κ3) is 5.63. The molecule has 1 N–H and O–H groups in total. The minimum absolute atomic E-state index is 0.0350. The van der Waals surface area contributed by atoms with Crippen LogP contribution < -0.4 is 0 Å². The molecule has 0 saturated heterocycles. The zero-order valence-electron chi connectivity index (χ0n) is 19.9. The van der Waals surface area contributed by atoms with Crippen molar-refractivity contribution in [3.63, 3.8) is 0 Å². The number of hydrogen-bond acceptors (Lipinski definition) is 4. The molecular weight excluding hydrogens is 400 g/mol. The molecule has 3 atom stereocenters. The standard InChI is InChI=1S/C22H38O5Si2/c1-21(2,3)29(10,11)27-19-18(26-6)17(25-5)16(20(23)24)22(19,4)14-12-13-15-28(7,8)9/h12,14,18-19H,1-11H3,(H,23,24)/b14-12-/t18-,19+,22+/m0/s1. The van der Waals surface area contributed by atoms with Crippen LogP contribution in [0.1, 0.15) is 27.7 Å². The predicted molar refractivity (Wildman–Crippen MR) is 123 cm³/mol.